The van der Waals surface area contributed by atoms with Crippen molar-refractivity contribution in [1.82, 2.24) is 36.6 Å². The minimum Gasteiger partial charge on any atom is -0.482 e. The third-order valence-corrected chi connectivity index (χ3v) is 11.2. The standard InChI is InChI=1S/C40H45ClF3N7O5/c1-54-36-23(19-46-21-26-9-11-34(52)48-26)17-31(40(42,43)44)38(50-36)56-32-8-4-5-28-29(32)6-3-7-30(28)39(25-13-15-45-16-14-25)33(41)18-24(37(51-39)55-2)20-47-22-27-10-12-35(53)49-27/h3,6-7,13-18,26-27,32,46-47,51H,4-5,8-12,19-22H2,1-2H3,(H,48,52)(H,49,53)/t26-,27-,32+,39?/m1/s1. The van der Waals surface area contributed by atoms with E-state index in [-0.39, 0.29) is 41.9 Å². The fourth-order valence-corrected chi connectivity index (χ4v) is 8.46. The monoisotopic (exact) mass is 795 g/mol. The van der Waals surface area contributed by atoms with Crippen molar-refractivity contribution < 1.29 is 37.0 Å². The summed E-state index contributed by atoms with van der Waals surface area (Å²) in [5, 5.41) is 16.4. The SMILES string of the molecule is COC1=C(CNC[C@H]2CCC(=O)N2)C=C(Cl)C(c2ccncc2)(c2cccc3c2CCC[C@@H]3Oc2nc(OC)c(CNC[C@H]3CCC(=O)N3)cc2C(F)(F)F)N1. The third kappa shape index (κ3) is 8.16. The van der Waals surface area contributed by atoms with Gasteiger partial charge in [-0.1, -0.05) is 29.8 Å². The van der Waals surface area contributed by atoms with Crippen LogP contribution in [0.3, 0.4) is 0 Å². The molecule has 16 heteroatoms. The predicted molar refractivity (Wildman–Crippen MR) is 202 cm³/mol. The predicted octanol–water partition coefficient (Wildman–Crippen LogP) is 5.02. The number of halogens is 4. The fraction of sp³-hybridized carbons (Fsp3) is 0.450. The van der Waals surface area contributed by atoms with E-state index in [1.807, 2.05) is 36.4 Å². The Morgan fingerprint density at radius 1 is 0.911 bits per heavy atom. The summed E-state index contributed by atoms with van der Waals surface area (Å²) in [5.74, 6) is -0.0656. The second kappa shape index (κ2) is 16.7. The number of aromatic nitrogens is 2. The van der Waals surface area contributed by atoms with Gasteiger partial charge in [0.15, 0.2) is 5.88 Å². The lowest BCUT2D eigenvalue weighted by molar-refractivity contribution is -0.140. The first kappa shape index (κ1) is 39.4. The largest absolute Gasteiger partial charge is 0.482 e. The van der Waals surface area contributed by atoms with Crippen LogP contribution in [0.5, 0.6) is 11.8 Å². The van der Waals surface area contributed by atoms with Crippen LogP contribution in [0, 0.1) is 0 Å². The quantitative estimate of drug-likeness (QED) is 0.151. The lowest BCUT2D eigenvalue weighted by Gasteiger charge is -2.42. The van der Waals surface area contributed by atoms with E-state index in [1.165, 1.54) is 7.11 Å². The molecule has 0 saturated carbocycles. The van der Waals surface area contributed by atoms with Crippen LogP contribution in [0.1, 0.15) is 78.0 Å². The van der Waals surface area contributed by atoms with Crippen LogP contribution in [0.15, 0.2) is 71.4 Å². The molecule has 12 nitrogen and oxygen atoms in total. The van der Waals surface area contributed by atoms with Crippen LogP contribution in [-0.4, -0.2) is 67.7 Å². The zero-order valence-electron chi connectivity index (χ0n) is 31.2. The number of amides is 2. The molecule has 1 aliphatic carbocycles. The number of nitrogens with zero attached hydrogens (tertiary/aromatic N) is 2. The summed E-state index contributed by atoms with van der Waals surface area (Å²) in [5.41, 5.74) is 2.04. The molecule has 3 aliphatic heterocycles. The van der Waals surface area contributed by atoms with Gasteiger partial charge in [0.25, 0.3) is 0 Å². The zero-order valence-corrected chi connectivity index (χ0v) is 31.9. The summed E-state index contributed by atoms with van der Waals surface area (Å²) >= 11 is 7.36. The van der Waals surface area contributed by atoms with Crippen LogP contribution in [-0.2, 0) is 39.0 Å². The lowest BCUT2D eigenvalue weighted by atomic mass is 9.74. The number of fused-ring (bicyclic) bond motifs is 1. The number of hydrogen-bond acceptors (Lipinski definition) is 10. The van der Waals surface area contributed by atoms with Crippen molar-refractivity contribution in [2.24, 2.45) is 0 Å². The molecule has 1 aromatic carbocycles. The van der Waals surface area contributed by atoms with E-state index in [0.29, 0.717) is 69.1 Å². The minimum absolute atomic E-state index is 0.0119. The second-order valence-electron chi connectivity index (χ2n) is 14.4. The molecule has 2 fully saturated rings. The average molecular weight is 796 g/mol. The second-order valence-corrected chi connectivity index (χ2v) is 14.8. The van der Waals surface area contributed by atoms with Gasteiger partial charge < -0.3 is 40.8 Å². The Morgan fingerprint density at radius 2 is 1.61 bits per heavy atom. The van der Waals surface area contributed by atoms with Gasteiger partial charge in [-0.25, -0.2) is 0 Å². The fourth-order valence-electron chi connectivity index (χ4n) is 8.07. The number of pyridine rings is 2. The molecule has 0 radical (unpaired) electrons. The Hall–Kier alpha value is -4.86. The van der Waals surface area contributed by atoms with Gasteiger partial charge in [-0.05, 0) is 78.6 Å². The number of nitrogens with one attached hydrogen (secondary N) is 5. The number of alkyl halides is 3. The number of carbonyl (C=O) groups excluding carboxylic acids is 2. The number of methoxy groups -OCH3 is 2. The van der Waals surface area contributed by atoms with Crippen LogP contribution in [0.25, 0.3) is 0 Å². The van der Waals surface area contributed by atoms with E-state index in [1.54, 1.807) is 19.5 Å². The van der Waals surface area contributed by atoms with Crippen LogP contribution in [0.4, 0.5) is 13.2 Å². The summed E-state index contributed by atoms with van der Waals surface area (Å²) in [6.45, 7) is 1.44. The molecule has 2 saturated heterocycles. The van der Waals surface area contributed by atoms with Crippen molar-refractivity contribution in [3.8, 4) is 11.8 Å². The van der Waals surface area contributed by atoms with Gasteiger partial charge in [0.05, 0.1) is 19.3 Å². The van der Waals surface area contributed by atoms with Gasteiger partial charge in [0, 0.05) is 74.6 Å². The van der Waals surface area contributed by atoms with E-state index in [2.05, 4.69) is 36.6 Å². The maximum Gasteiger partial charge on any atom is 0.421 e. The van der Waals surface area contributed by atoms with E-state index in [9.17, 15) is 22.8 Å². The molecule has 0 bridgehead atoms. The molecule has 298 valence electrons. The molecule has 0 spiro atoms. The van der Waals surface area contributed by atoms with E-state index >= 15 is 0 Å². The highest BCUT2D eigenvalue weighted by Crippen LogP contribution is 2.48. The number of dihydropyridines is 1. The van der Waals surface area contributed by atoms with Crippen molar-refractivity contribution in [2.75, 3.05) is 33.9 Å². The summed E-state index contributed by atoms with van der Waals surface area (Å²) in [6, 6.07) is 10.4. The maximum atomic E-state index is 14.7. The molecule has 2 aromatic heterocycles. The van der Waals surface area contributed by atoms with Gasteiger partial charge in [-0.2, -0.15) is 18.2 Å². The summed E-state index contributed by atoms with van der Waals surface area (Å²) in [6.07, 6.45) is 3.75. The summed E-state index contributed by atoms with van der Waals surface area (Å²) in [7, 11) is 2.93. The van der Waals surface area contributed by atoms with Crippen molar-refractivity contribution >= 4 is 23.4 Å². The Kier molecular flexibility index (Phi) is 11.7. The number of hydrogen-bond donors (Lipinski definition) is 5. The third-order valence-electron chi connectivity index (χ3n) is 10.8. The van der Waals surface area contributed by atoms with Crippen LogP contribution >= 0.6 is 11.6 Å². The first-order chi connectivity index (χ1) is 27.0. The molecular weight excluding hydrogens is 751 g/mol. The Labute approximate surface area is 328 Å². The number of carbonyl (C=O) groups is 2. The molecule has 7 rings (SSSR count). The highest BCUT2D eigenvalue weighted by atomic mass is 35.5. The van der Waals surface area contributed by atoms with E-state index in [4.69, 9.17) is 25.8 Å². The van der Waals surface area contributed by atoms with Gasteiger partial charge in [0.1, 0.15) is 17.2 Å². The van der Waals surface area contributed by atoms with Crippen molar-refractivity contribution in [2.45, 2.75) is 81.4 Å². The zero-order chi connectivity index (χ0) is 39.5. The minimum atomic E-state index is -4.77. The molecule has 4 aliphatic rings. The molecule has 1 unspecified atom stereocenters. The highest BCUT2D eigenvalue weighted by Gasteiger charge is 2.45. The van der Waals surface area contributed by atoms with Gasteiger partial charge in [0.2, 0.25) is 23.6 Å². The smallest absolute Gasteiger partial charge is 0.421 e. The van der Waals surface area contributed by atoms with Crippen molar-refractivity contribution in [3.05, 3.63) is 105 Å². The van der Waals surface area contributed by atoms with Gasteiger partial charge in [-0.3, -0.25) is 14.6 Å². The van der Waals surface area contributed by atoms with Crippen LogP contribution < -0.4 is 36.1 Å². The molecule has 5 heterocycles. The number of rotatable bonds is 14. The maximum absolute atomic E-state index is 14.7. The first-order valence-corrected chi connectivity index (χ1v) is 19.2. The van der Waals surface area contributed by atoms with Gasteiger partial charge >= 0.3 is 6.18 Å². The molecule has 5 N–H and O–H groups in total. The van der Waals surface area contributed by atoms with E-state index < -0.39 is 29.3 Å². The normalized spacial score (nSPS) is 23.5. The molecular formula is C40H45ClF3N7O5. The molecule has 56 heavy (non-hydrogen) atoms. The van der Waals surface area contributed by atoms with Crippen molar-refractivity contribution in [3.63, 3.8) is 0 Å². The number of ether oxygens (including phenoxy) is 3. The lowest BCUT2D eigenvalue weighted by Crippen LogP contribution is -2.48. The number of benzene rings is 1. The molecule has 4 atom stereocenters. The topological polar surface area (TPSA) is 148 Å². The summed E-state index contributed by atoms with van der Waals surface area (Å²) < 4.78 is 61.7. The summed E-state index contributed by atoms with van der Waals surface area (Å²) in [4.78, 5) is 31.8. The van der Waals surface area contributed by atoms with E-state index in [0.717, 1.165) is 40.3 Å². The first-order valence-electron chi connectivity index (χ1n) is 18.8. The van der Waals surface area contributed by atoms with Crippen LogP contribution in [0.2, 0.25) is 0 Å². The highest BCUT2D eigenvalue weighted by molar-refractivity contribution is 6.31. The van der Waals surface area contributed by atoms with Gasteiger partial charge in [-0.15, -0.1) is 0 Å². The molecule has 3 aromatic rings. The molecule has 2 amide bonds. The average Bonchev–Trinajstić information content (AvgIpc) is 3.81. The Balaban J connectivity index is 1.20. The Bertz CT molecular complexity index is 2010. The Morgan fingerprint density at radius 3 is 2.23 bits per heavy atom. The van der Waals surface area contributed by atoms with Crippen molar-refractivity contribution in [1.29, 1.82) is 0 Å².